The Labute approximate surface area is 177 Å². The number of carbonyl (C=O) groups excluding carboxylic acids is 2. The Bertz CT molecular complexity index is 1230. The van der Waals surface area contributed by atoms with Crippen LogP contribution >= 0.6 is 11.6 Å². The Balaban J connectivity index is 1.72. The number of nitrogens with zero attached hydrogens (tertiary/aromatic N) is 1. The van der Waals surface area contributed by atoms with Gasteiger partial charge in [0.05, 0.1) is 13.7 Å². The molecule has 1 aromatic heterocycles. The number of hydrogen-bond donors (Lipinski definition) is 1. The van der Waals surface area contributed by atoms with Crippen molar-refractivity contribution in [1.82, 2.24) is 10.2 Å². The fourth-order valence-electron chi connectivity index (χ4n) is 3.61. The number of ether oxygens (including phenoxy) is 1. The van der Waals surface area contributed by atoms with E-state index in [1.165, 1.54) is 6.07 Å². The molecule has 1 saturated heterocycles. The number of aryl methyl sites for hydroxylation is 1. The number of benzene rings is 2. The molecular formula is C22H19ClN2O5. The van der Waals surface area contributed by atoms with Crippen LogP contribution in [0.25, 0.3) is 11.0 Å². The molecular weight excluding hydrogens is 408 g/mol. The summed E-state index contributed by atoms with van der Waals surface area (Å²) in [5.41, 5.74) is 0.415. The third-order valence-electron chi connectivity index (χ3n) is 5.38. The lowest BCUT2D eigenvalue weighted by atomic mass is 9.92. The molecule has 30 heavy (non-hydrogen) atoms. The molecule has 154 valence electrons. The van der Waals surface area contributed by atoms with Crippen molar-refractivity contribution in [1.29, 1.82) is 0 Å². The Morgan fingerprint density at radius 3 is 2.50 bits per heavy atom. The zero-order valence-electron chi connectivity index (χ0n) is 16.6. The van der Waals surface area contributed by atoms with Gasteiger partial charge in [-0.2, -0.15) is 0 Å². The number of imide groups is 1. The van der Waals surface area contributed by atoms with E-state index < -0.39 is 23.1 Å². The van der Waals surface area contributed by atoms with E-state index in [0.717, 1.165) is 10.5 Å². The summed E-state index contributed by atoms with van der Waals surface area (Å²) >= 11 is 6.23. The smallest absolute Gasteiger partial charge is 0.336 e. The maximum Gasteiger partial charge on any atom is 0.336 e. The number of fused-ring (bicyclic) bond motifs is 1. The fraction of sp³-hybridized carbons (Fsp3) is 0.227. The van der Waals surface area contributed by atoms with E-state index in [-0.39, 0.29) is 6.54 Å². The Morgan fingerprint density at radius 2 is 1.83 bits per heavy atom. The third kappa shape index (κ3) is 3.21. The van der Waals surface area contributed by atoms with Crippen LogP contribution in [0, 0.1) is 6.92 Å². The van der Waals surface area contributed by atoms with Crippen molar-refractivity contribution in [2.75, 3.05) is 7.11 Å². The highest BCUT2D eigenvalue weighted by molar-refractivity contribution is 6.32. The summed E-state index contributed by atoms with van der Waals surface area (Å²) in [6.45, 7) is 3.36. The number of nitrogens with one attached hydrogen (secondary N) is 1. The largest absolute Gasteiger partial charge is 0.497 e. The van der Waals surface area contributed by atoms with Crippen LogP contribution in [0.2, 0.25) is 5.02 Å². The first-order chi connectivity index (χ1) is 14.2. The van der Waals surface area contributed by atoms with Crippen molar-refractivity contribution < 1.29 is 18.7 Å². The summed E-state index contributed by atoms with van der Waals surface area (Å²) in [7, 11) is 1.55. The van der Waals surface area contributed by atoms with E-state index in [2.05, 4.69) is 5.32 Å². The van der Waals surface area contributed by atoms with Crippen LogP contribution in [0.4, 0.5) is 4.79 Å². The summed E-state index contributed by atoms with van der Waals surface area (Å²) in [6.07, 6.45) is 0. The normalized spacial score (nSPS) is 18.7. The van der Waals surface area contributed by atoms with E-state index in [0.29, 0.717) is 32.9 Å². The van der Waals surface area contributed by atoms with Crippen LogP contribution in [-0.4, -0.2) is 23.9 Å². The Morgan fingerprint density at radius 1 is 1.13 bits per heavy atom. The van der Waals surface area contributed by atoms with Gasteiger partial charge in [-0.15, -0.1) is 0 Å². The number of methoxy groups -OCH3 is 1. The van der Waals surface area contributed by atoms with E-state index in [1.807, 2.05) is 0 Å². The van der Waals surface area contributed by atoms with Gasteiger partial charge in [0.25, 0.3) is 5.91 Å². The quantitative estimate of drug-likeness (QED) is 0.507. The lowest BCUT2D eigenvalue weighted by molar-refractivity contribution is -0.131. The molecule has 0 aliphatic carbocycles. The zero-order valence-corrected chi connectivity index (χ0v) is 17.4. The summed E-state index contributed by atoms with van der Waals surface area (Å²) < 4.78 is 10.4. The van der Waals surface area contributed by atoms with Gasteiger partial charge in [0, 0.05) is 16.5 Å². The molecule has 1 fully saturated rings. The van der Waals surface area contributed by atoms with Crippen LogP contribution < -0.4 is 15.7 Å². The van der Waals surface area contributed by atoms with Crippen molar-refractivity contribution in [3.05, 3.63) is 74.6 Å². The zero-order chi connectivity index (χ0) is 21.6. The molecule has 1 aliphatic heterocycles. The molecule has 0 bridgehead atoms. The van der Waals surface area contributed by atoms with Crippen LogP contribution in [0.3, 0.4) is 0 Å². The summed E-state index contributed by atoms with van der Waals surface area (Å²) in [4.78, 5) is 39.0. The predicted molar refractivity (Wildman–Crippen MR) is 112 cm³/mol. The highest BCUT2D eigenvalue weighted by Crippen LogP contribution is 2.32. The topological polar surface area (TPSA) is 88.8 Å². The van der Waals surface area contributed by atoms with Gasteiger partial charge in [-0.3, -0.25) is 9.69 Å². The molecule has 8 heteroatoms. The highest BCUT2D eigenvalue weighted by Gasteiger charge is 2.49. The van der Waals surface area contributed by atoms with E-state index >= 15 is 0 Å². The number of rotatable bonds is 4. The number of carbonyl (C=O) groups is 2. The van der Waals surface area contributed by atoms with Gasteiger partial charge in [0.1, 0.15) is 16.9 Å². The van der Waals surface area contributed by atoms with Crippen molar-refractivity contribution in [2.45, 2.75) is 25.9 Å². The molecule has 4 rings (SSSR count). The molecule has 1 atom stereocenters. The first-order valence-corrected chi connectivity index (χ1v) is 9.62. The van der Waals surface area contributed by atoms with Gasteiger partial charge in [0.2, 0.25) is 0 Å². The summed E-state index contributed by atoms with van der Waals surface area (Å²) in [6, 6.07) is 11.0. The molecule has 0 spiro atoms. The second-order valence-electron chi connectivity index (χ2n) is 7.36. The standard InChI is InChI=1S/C22H19ClN2O5/c1-12-8-18-16(10-17(12)23)13(9-19(26)30-18)11-25-20(27)22(2,24-21(25)28)14-4-6-15(29-3)7-5-14/h4-10H,11H2,1-3H3,(H,24,28)/t22-/m0/s1. The van der Waals surface area contributed by atoms with Gasteiger partial charge < -0.3 is 14.5 Å². The predicted octanol–water partition coefficient (Wildman–Crippen LogP) is 3.73. The monoisotopic (exact) mass is 426 g/mol. The first kappa shape index (κ1) is 20.0. The second kappa shape index (κ2) is 7.18. The molecule has 1 N–H and O–H groups in total. The maximum atomic E-state index is 13.2. The van der Waals surface area contributed by atoms with Gasteiger partial charge >= 0.3 is 11.7 Å². The van der Waals surface area contributed by atoms with Gasteiger partial charge in [0.15, 0.2) is 0 Å². The minimum absolute atomic E-state index is 0.0854. The van der Waals surface area contributed by atoms with E-state index in [9.17, 15) is 14.4 Å². The minimum Gasteiger partial charge on any atom is -0.497 e. The molecule has 2 heterocycles. The molecule has 2 aromatic carbocycles. The van der Waals surface area contributed by atoms with E-state index in [4.69, 9.17) is 20.8 Å². The van der Waals surface area contributed by atoms with Crippen molar-refractivity contribution >= 4 is 34.5 Å². The van der Waals surface area contributed by atoms with Crippen LogP contribution in [-0.2, 0) is 16.9 Å². The Kier molecular flexibility index (Phi) is 4.78. The molecule has 3 amide bonds. The second-order valence-corrected chi connectivity index (χ2v) is 7.77. The van der Waals surface area contributed by atoms with Gasteiger partial charge in [-0.1, -0.05) is 23.7 Å². The van der Waals surface area contributed by atoms with Crippen molar-refractivity contribution in [3.63, 3.8) is 0 Å². The minimum atomic E-state index is -1.23. The molecule has 0 unspecified atom stereocenters. The molecule has 0 saturated carbocycles. The van der Waals surface area contributed by atoms with Crippen LogP contribution in [0.1, 0.15) is 23.6 Å². The van der Waals surface area contributed by atoms with Gasteiger partial charge in [-0.25, -0.2) is 9.59 Å². The Hall–Kier alpha value is -3.32. The fourth-order valence-corrected chi connectivity index (χ4v) is 3.77. The van der Waals surface area contributed by atoms with Crippen LogP contribution in [0.15, 0.2) is 51.7 Å². The lowest BCUT2D eigenvalue weighted by Gasteiger charge is -2.22. The third-order valence-corrected chi connectivity index (χ3v) is 5.79. The maximum absolute atomic E-state index is 13.2. The number of amides is 3. The molecule has 3 aromatic rings. The number of urea groups is 1. The lowest BCUT2D eigenvalue weighted by Crippen LogP contribution is -2.40. The van der Waals surface area contributed by atoms with Crippen LogP contribution in [0.5, 0.6) is 5.75 Å². The SMILES string of the molecule is COc1ccc([C@]2(C)NC(=O)N(Cc3cc(=O)oc4cc(C)c(Cl)cc34)C2=O)cc1. The van der Waals surface area contributed by atoms with Gasteiger partial charge in [-0.05, 0) is 54.8 Å². The molecule has 0 radical (unpaired) electrons. The first-order valence-electron chi connectivity index (χ1n) is 9.24. The van der Waals surface area contributed by atoms with Crippen molar-refractivity contribution in [2.24, 2.45) is 0 Å². The average molecular weight is 427 g/mol. The van der Waals surface area contributed by atoms with E-state index in [1.54, 1.807) is 57.4 Å². The molecule has 1 aliphatic rings. The number of halogens is 1. The summed E-state index contributed by atoms with van der Waals surface area (Å²) in [5.74, 6) is 0.225. The summed E-state index contributed by atoms with van der Waals surface area (Å²) in [5, 5.41) is 3.83. The molecule has 7 nitrogen and oxygen atoms in total. The number of hydrogen-bond acceptors (Lipinski definition) is 5. The van der Waals surface area contributed by atoms with Crippen molar-refractivity contribution in [3.8, 4) is 5.75 Å². The highest BCUT2D eigenvalue weighted by atomic mass is 35.5. The average Bonchev–Trinajstić information content (AvgIpc) is 2.93.